The number of ketones is 1. The van der Waals surface area contributed by atoms with E-state index in [9.17, 15) is 4.79 Å². The molecule has 0 bridgehead atoms. The lowest BCUT2D eigenvalue weighted by Gasteiger charge is -2.32. The molecule has 1 aliphatic rings. The number of rotatable bonds is 4. The van der Waals surface area contributed by atoms with Crippen LogP contribution in [0.25, 0.3) is 10.8 Å². The van der Waals surface area contributed by atoms with Crippen molar-refractivity contribution in [3.8, 4) is 5.75 Å². The van der Waals surface area contributed by atoms with Gasteiger partial charge in [0.25, 0.3) is 0 Å². The first-order valence-corrected chi connectivity index (χ1v) is 7.77. The van der Waals surface area contributed by atoms with E-state index in [4.69, 9.17) is 4.74 Å². The first-order chi connectivity index (χ1) is 10.7. The second kappa shape index (κ2) is 6.46. The number of fused-ring (bicyclic) bond motifs is 1. The van der Waals surface area contributed by atoms with E-state index in [1.807, 2.05) is 43.3 Å². The third kappa shape index (κ3) is 2.72. The van der Waals surface area contributed by atoms with Gasteiger partial charge in [0.2, 0.25) is 0 Å². The number of nitrogens with zero attached hydrogens (tertiary/aromatic N) is 1. The minimum atomic E-state index is -0.0982. The lowest BCUT2D eigenvalue weighted by atomic mass is 9.96. The van der Waals surface area contributed by atoms with E-state index in [0.29, 0.717) is 0 Å². The molecule has 4 heteroatoms. The Morgan fingerprint density at radius 2 is 1.82 bits per heavy atom. The van der Waals surface area contributed by atoms with Crippen molar-refractivity contribution in [1.82, 2.24) is 10.2 Å². The Balaban J connectivity index is 1.97. The number of ether oxygens (including phenoxy) is 1. The normalized spacial score (nSPS) is 17.4. The van der Waals surface area contributed by atoms with Gasteiger partial charge >= 0.3 is 0 Å². The molecule has 1 atom stereocenters. The molecule has 0 aromatic heterocycles. The van der Waals surface area contributed by atoms with Gasteiger partial charge in [-0.05, 0) is 24.4 Å². The standard InChI is InChI=1S/C18H22N2O2/c1-13(20-11-9-19-10-12-20)18(21)16-7-8-17(22-2)15-6-4-3-5-14(15)16/h3-8,13,19H,9-12H2,1-2H3. The third-order valence-electron chi connectivity index (χ3n) is 4.45. The van der Waals surface area contributed by atoms with Gasteiger partial charge in [-0.25, -0.2) is 0 Å². The van der Waals surface area contributed by atoms with Crippen molar-refractivity contribution in [3.63, 3.8) is 0 Å². The van der Waals surface area contributed by atoms with E-state index in [-0.39, 0.29) is 11.8 Å². The molecular formula is C18H22N2O2. The minimum Gasteiger partial charge on any atom is -0.496 e. The zero-order valence-electron chi connectivity index (χ0n) is 13.1. The number of piperazine rings is 1. The van der Waals surface area contributed by atoms with Crippen molar-refractivity contribution < 1.29 is 9.53 Å². The molecule has 0 radical (unpaired) electrons. The highest BCUT2D eigenvalue weighted by atomic mass is 16.5. The highest BCUT2D eigenvalue weighted by Crippen LogP contribution is 2.29. The van der Waals surface area contributed by atoms with Crippen molar-refractivity contribution in [2.24, 2.45) is 0 Å². The molecule has 4 nitrogen and oxygen atoms in total. The van der Waals surface area contributed by atoms with Gasteiger partial charge in [0.05, 0.1) is 13.2 Å². The molecular weight excluding hydrogens is 276 g/mol. The molecule has 1 aliphatic heterocycles. The fourth-order valence-electron chi connectivity index (χ4n) is 3.12. The van der Waals surface area contributed by atoms with Crippen LogP contribution < -0.4 is 10.1 Å². The summed E-state index contributed by atoms with van der Waals surface area (Å²) in [6.07, 6.45) is 0. The van der Waals surface area contributed by atoms with Crippen molar-refractivity contribution in [3.05, 3.63) is 42.0 Å². The SMILES string of the molecule is COc1ccc(C(=O)C(C)N2CCNCC2)c2ccccc12. The summed E-state index contributed by atoms with van der Waals surface area (Å²) in [4.78, 5) is 15.2. The summed E-state index contributed by atoms with van der Waals surface area (Å²) in [5.74, 6) is 0.989. The third-order valence-corrected chi connectivity index (χ3v) is 4.45. The number of benzene rings is 2. The average Bonchev–Trinajstić information content (AvgIpc) is 2.60. The molecule has 1 fully saturated rings. The Labute approximate surface area is 131 Å². The smallest absolute Gasteiger partial charge is 0.180 e. The average molecular weight is 298 g/mol. The summed E-state index contributed by atoms with van der Waals surface area (Å²) < 4.78 is 5.41. The van der Waals surface area contributed by atoms with Crippen molar-refractivity contribution in [2.75, 3.05) is 33.3 Å². The van der Waals surface area contributed by atoms with E-state index in [0.717, 1.165) is 48.3 Å². The number of methoxy groups -OCH3 is 1. The Morgan fingerprint density at radius 3 is 2.50 bits per heavy atom. The lowest BCUT2D eigenvalue weighted by Crippen LogP contribution is -2.50. The van der Waals surface area contributed by atoms with E-state index < -0.39 is 0 Å². The predicted octanol–water partition coefficient (Wildman–Crippen LogP) is 2.32. The van der Waals surface area contributed by atoms with Crippen molar-refractivity contribution in [1.29, 1.82) is 0 Å². The molecule has 2 aromatic rings. The Hall–Kier alpha value is -1.91. The van der Waals surface area contributed by atoms with Crippen molar-refractivity contribution in [2.45, 2.75) is 13.0 Å². The number of carbonyl (C=O) groups excluding carboxylic acids is 1. The highest BCUT2D eigenvalue weighted by molar-refractivity contribution is 6.11. The lowest BCUT2D eigenvalue weighted by molar-refractivity contribution is 0.0822. The maximum atomic E-state index is 13.0. The summed E-state index contributed by atoms with van der Waals surface area (Å²) in [7, 11) is 1.66. The molecule has 3 rings (SSSR count). The van der Waals surface area contributed by atoms with Gasteiger partial charge in [-0.1, -0.05) is 24.3 Å². The van der Waals surface area contributed by atoms with Gasteiger partial charge in [-0.2, -0.15) is 0 Å². The number of nitrogens with one attached hydrogen (secondary N) is 1. The maximum Gasteiger partial charge on any atom is 0.180 e. The van der Waals surface area contributed by atoms with Gasteiger partial charge in [0.1, 0.15) is 5.75 Å². The van der Waals surface area contributed by atoms with Crippen LogP contribution in [0, 0.1) is 0 Å². The van der Waals surface area contributed by atoms with Crippen molar-refractivity contribution >= 4 is 16.6 Å². The largest absolute Gasteiger partial charge is 0.496 e. The van der Waals surface area contributed by atoms with Crippen LogP contribution >= 0.6 is 0 Å². The molecule has 2 aromatic carbocycles. The number of carbonyl (C=O) groups is 1. The molecule has 1 unspecified atom stereocenters. The van der Waals surface area contributed by atoms with Crippen LogP contribution in [0.15, 0.2) is 36.4 Å². The quantitative estimate of drug-likeness (QED) is 0.880. The molecule has 1 N–H and O–H groups in total. The molecule has 0 spiro atoms. The first kappa shape index (κ1) is 15.0. The topological polar surface area (TPSA) is 41.6 Å². The summed E-state index contributed by atoms with van der Waals surface area (Å²) in [5, 5.41) is 5.28. The Kier molecular flexibility index (Phi) is 4.41. The van der Waals surface area contributed by atoms with Gasteiger partial charge in [0.15, 0.2) is 5.78 Å². The van der Waals surface area contributed by atoms with E-state index in [2.05, 4.69) is 10.2 Å². The monoisotopic (exact) mass is 298 g/mol. The molecule has 0 amide bonds. The number of Topliss-reactive ketones (excluding diaryl/α,β-unsaturated/α-hetero) is 1. The zero-order chi connectivity index (χ0) is 15.5. The number of hydrogen-bond donors (Lipinski definition) is 1. The molecule has 116 valence electrons. The second-order valence-electron chi connectivity index (χ2n) is 5.69. The van der Waals surface area contributed by atoms with Crippen LogP contribution in [0.1, 0.15) is 17.3 Å². The van der Waals surface area contributed by atoms with Gasteiger partial charge in [0, 0.05) is 37.1 Å². The summed E-state index contributed by atoms with van der Waals surface area (Å²) in [6, 6.07) is 11.6. The Bertz CT molecular complexity index is 678. The van der Waals surface area contributed by atoms with Gasteiger partial charge in [-0.15, -0.1) is 0 Å². The summed E-state index contributed by atoms with van der Waals surface area (Å²) in [6.45, 7) is 5.73. The summed E-state index contributed by atoms with van der Waals surface area (Å²) >= 11 is 0. The minimum absolute atomic E-state index is 0.0982. The van der Waals surface area contributed by atoms with Crippen LogP contribution in [0.3, 0.4) is 0 Å². The fraction of sp³-hybridized carbons (Fsp3) is 0.389. The fourth-order valence-corrected chi connectivity index (χ4v) is 3.12. The van der Waals surface area contributed by atoms with E-state index in [1.54, 1.807) is 7.11 Å². The van der Waals surface area contributed by atoms with Crippen LogP contribution in [-0.4, -0.2) is 50.0 Å². The molecule has 22 heavy (non-hydrogen) atoms. The van der Waals surface area contributed by atoms with Gasteiger partial charge in [-0.3, -0.25) is 9.69 Å². The predicted molar refractivity (Wildman–Crippen MR) is 88.7 cm³/mol. The summed E-state index contributed by atoms with van der Waals surface area (Å²) in [5.41, 5.74) is 0.780. The number of hydrogen-bond acceptors (Lipinski definition) is 4. The Morgan fingerprint density at radius 1 is 1.14 bits per heavy atom. The van der Waals surface area contributed by atoms with Gasteiger partial charge < -0.3 is 10.1 Å². The first-order valence-electron chi connectivity index (χ1n) is 7.77. The van der Waals surface area contributed by atoms with Crippen LogP contribution in [-0.2, 0) is 0 Å². The molecule has 1 heterocycles. The van der Waals surface area contributed by atoms with E-state index in [1.165, 1.54) is 0 Å². The van der Waals surface area contributed by atoms with Crippen LogP contribution in [0.5, 0.6) is 5.75 Å². The molecule has 1 saturated heterocycles. The van der Waals surface area contributed by atoms with Crippen LogP contribution in [0.2, 0.25) is 0 Å². The second-order valence-corrected chi connectivity index (χ2v) is 5.69. The highest BCUT2D eigenvalue weighted by Gasteiger charge is 2.25. The zero-order valence-corrected chi connectivity index (χ0v) is 13.1. The van der Waals surface area contributed by atoms with E-state index >= 15 is 0 Å². The molecule has 0 saturated carbocycles. The molecule has 0 aliphatic carbocycles. The maximum absolute atomic E-state index is 13.0. The van der Waals surface area contributed by atoms with Crippen LogP contribution in [0.4, 0.5) is 0 Å².